The average molecular weight is 380 g/mol. The van der Waals surface area contributed by atoms with Crippen LogP contribution in [-0.2, 0) is 19.6 Å². The van der Waals surface area contributed by atoms with E-state index in [-0.39, 0.29) is 11.3 Å². The standard InChI is InChI=1S/C14H15F3N2O5S/c15-14(16,17)9-18-12(20)8-24-13(21)10-2-4-11(5-3-10)19-6-1-7-25(19,22)23/h2-5H,1,6-9H2,(H,18,20). The molecule has 0 aromatic heterocycles. The van der Waals surface area contributed by atoms with Gasteiger partial charge in [-0.05, 0) is 30.7 Å². The topological polar surface area (TPSA) is 92.8 Å². The zero-order valence-corrected chi connectivity index (χ0v) is 13.7. The fraction of sp³-hybridized carbons (Fsp3) is 0.429. The van der Waals surface area contributed by atoms with Crippen LogP contribution in [0.4, 0.5) is 18.9 Å². The number of halogens is 3. The van der Waals surface area contributed by atoms with E-state index in [1.807, 2.05) is 0 Å². The molecule has 1 fully saturated rings. The van der Waals surface area contributed by atoms with E-state index in [1.54, 1.807) is 5.32 Å². The molecule has 0 saturated carbocycles. The van der Waals surface area contributed by atoms with Gasteiger partial charge in [-0.3, -0.25) is 9.10 Å². The molecule has 1 aliphatic rings. The number of rotatable bonds is 5. The van der Waals surface area contributed by atoms with Gasteiger partial charge in [0, 0.05) is 6.54 Å². The highest BCUT2D eigenvalue weighted by molar-refractivity contribution is 7.93. The van der Waals surface area contributed by atoms with Crippen LogP contribution in [0.5, 0.6) is 0 Å². The molecule has 138 valence electrons. The lowest BCUT2D eigenvalue weighted by atomic mass is 10.2. The zero-order chi connectivity index (χ0) is 18.7. The number of benzene rings is 1. The molecule has 1 heterocycles. The molecule has 11 heteroatoms. The molecule has 1 saturated heterocycles. The summed E-state index contributed by atoms with van der Waals surface area (Å²) in [5.41, 5.74) is 0.445. The largest absolute Gasteiger partial charge is 0.452 e. The van der Waals surface area contributed by atoms with E-state index in [4.69, 9.17) is 0 Å². The van der Waals surface area contributed by atoms with Crippen LogP contribution >= 0.6 is 0 Å². The Morgan fingerprint density at radius 3 is 2.36 bits per heavy atom. The van der Waals surface area contributed by atoms with Crippen LogP contribution in [0.1, 0.15) is 16.8 Å². The molecule has 1 aromatic carbocycles. The summed E-state index contributed by atoms with van der Waals surface area (Å²) in [7, 11) is -3.34. The van der Waals surface area contributed by atoms with Gasteiger partial charge in [-0.25, -0.2) is 13.2 Å². The first-order chi connectivity index (χ1) is 11.6. The minimum atomic E-state index is -4.55. The lowest BCUT2D eigenvalue weighted by molar-refractivity contribution is -0.140. The van der Waals surface area contributed by atoms with Gasteiger partial charge in [-0.15, -0.1) is 0 Å². The molecule has 7 nitrogen and oxygen atoms in total. The van der Waals surface area contributed by atoms with Crippen molar-refractivity contribution in [1.82, 2.24) is 5.32 Å². The van der Waals surface area contributed by atoms with Crippen molar-refractivity contribution in [3.05, 3.63) is 29.8 Å². The number of sulfonamides is 1. The summed E-state index contributed by atoms with van der Waals surface area (Å²) in [6.45, 7) is -2.01. The summed E-state index contributed by atoms with van der Waals surface area (Å²) >= 11 is 0. The van der Waals surface area contributed by atoms with E-state index in [0.717, 1.165) is 0 Å². The molecule has 1 aromatic rings. The molecule has 0 atom stereocenters. The van der Waals surface area contributed by atoms with Crippen molar-refractivity contribution in [3.8, 4) is 0 Å². The van der Waals surface area contributed by atoms with Crippen LogP contribution < -0.4 is 9.62 Å². The van der Waals surface area contributed by atoms with Gasteiger partial charge in [0.05, 0.1) is 17.0 Å². The summed E-state index contributed by atoms with van der Waals surface area (Å²) in [4.78, 5) is 22.9. The minimum absolute atomic E-state index is 0.0453. The molecule has 1 aliphatic heterocycles. The van der Waals surface area contributed by atoms with Crippen LogP contribution in [0.3, 0.4) is 0 Å². The maximum absolute atomic E-state index is 11.9. The number of nitrogens with zero attached hydrogens (tertiary/aromatic N) is 1. The van der Waals surface area contributed by atoms with Crippen molar-refractivity contribution in [2.45, 2.75) is 12.6 Å². The summed E-state index contributed by atoms with van der Waals surface area (Å²) in [5.74, 6) is -1.92. The van der Waals surface area contributed by atoms with Gasteiger partial charge in [-0.2, -0.15) is 13.2 Å². The lowest BCUT2D eigenvalue weighted by Gasteiger charge is -2.16. The van der Waals surface area contributed by atoms with E-state index in [2.05, 4.69) is 4.74 Å². The van der Waals surface area contributed by atoms with Crippen molar-refractivity contribution >= 4 is 27.6 Å². The summed E-state index contributed by atoms with van der Waals surface area (Å²) < 4.78 is 65.2. The molecule has 2 rings (SSSR count). The third kappa shape index (κ3) is 5.34. The smallest absolute Gasteiger partial charge is 0.405 e. The van der Waals surface area contributed by atoms with Crippen molar-refractivity contribution in [1.29, 1.82) is 0 Å². The molecule has 0 bridgehead atoms. The van der Waals surface area contributed by atoms with Crippen molar-refractivity contribution in [2.24, 2.45) is 0 Å². The number of hydrogen-bond acceptors (Lipinski definition) is 5. The predicted octanol–water partition coefficient (Wildman–Crippen LogP) is 1.06. The fourth-order valence-corrected chi connectivity index (χ4v) is 3.72. The van der Waals surface area contributed by atoms with Gasteiger partial charge in [0.25, 0.3) is 5.91 Å². The van der Waals surface area contributed by atoms with Crippen molar-refractivity contribution in [2.75, 3.05) is 29.8 Å². The van der Waals surface area contributed by atoms with Gasteiger partial charge in [0.1, 0.15) is 6.54 Å². The van der Waals surface area contributed by atoms with Gasteiger partial charge < -0.3 is 10.1 Å². The maximum atomic E-state index is 11.9. The Balaban J connectivity index is 1.89. The average Bonchev–Trinajstić information content (AvgIpc) is 2.89. The van der Waals surface area contributed by atoms with E-state index < -0.39 is 41.2 Å². The molecule has 0 aliphatic carbocycles. The summed E-state index contributed by atoms with van der Waals surface area (Å²) in [5, 5.41) is 1.57. The molecular weight excluding hydrogens is 365 g/mol. The fourth-order valence-electron chi connectivity index (χ4n) is 2.16. The van der Waals surface area contributed by atoms with E-state index in [9.17, 15) is 31.2 Å². The highest BCUT2D eigenvalue weighted by Gasteiger charge is 2.29. The van der Waals surface area contributed by atoms with E-state index in [0.29, 0.717) is 18.7 Å². The van der Waals surface area contributed by atoms with Crippen LogP contribution in [0, 0.1) is 0 Å². The van der Waals surface area contributed by atoms with Gasteiger partial charge >= 0.3 is 12.1 Å². The normalized spacial score (nSPS) is 16.5. The van der Waals surface area contributed by atoms with Crippen LogP contribution in [0.25, 0.3) is 0 Å². The molecule has 25 heavy (non-hydrogen) atoms. The number of hydrogen-bond donors (Lipinski definition) is 1. The van der Waals surface area contributed by atoms with Gasteiger partial charge in [0.2, 0.25) is 10.0 Å². The molecule has 1 amide bonds. The first-order valence-corrected chi connectivity index (χ1v) is 8.80. The van der Waals surface area contributed by atoms with Crippen molar-refractivity contribution < 1.29 is 35.9 Å². The van der Waals surface area contributed by atoms with Gasteiger partial charge in [0.15, 0.2) is 6.61 Å². The predicted molar refractivity (Wildman–Crippen MR) is 81.5 cm³/mol. The first-order valence-electron chi connectivity index (χ1n) is 7.19. The minimum Gasteiger partial charge on any atom is -0.452 e. The van der Waals surface area contributed by atoms with Crippen LogP contribution in [-0.4, -0.2) is 51.9 Å². The monoisotopic (exact) mass is 380 g/mol. The molecular formula is C14H15F3N2O5S. The third-order valence-electron chi connectivity index (χ3n) is 3.31. The number of nitrogens with one attached hydrogen (secondary N) is 1. The SMILES string of the molecule is O=C(COC(=O)c1ccc(N2CCCS2(=O)=O)cc1)NCC(F)(F)F. The Morgan fingerprint density at radius 2 is 1.84 bits per heavy atom. The first kappa shape index (κ1) is 19.0. The Bertz CT molecular complexity index is 747. The lowest BCUT2D eigenvalue weighted by Crippen LogP contribution is -2.36. The molecule has 0 spiro atoms. The Morgan fingerprint density at radius 1 is 1.20 bits per heavy atom. The molecule has 0 unspecified atom stereocenters. The zero-order valence-electron chi connectivity index (χ0n) is 12.9. The Kier molecular flexibility index (Phi) is 5.55. The molecule has 1 N–H and O–H groups in total. The quantitative estimate of drug-likeness (QED) is 0.772. The maximum Gasteiger partial charge on any atom is 0.405 e. The van der Waals surface area contributed by atoms with Crippen LogP contribution in [0.15, 0.2) is 24.3 Å². The number of carbonyl (C=O) groups excluding carboxylic acids is 2. The second-order valence-corrected chi connectivity index (χ2v) is 7.27. The van der Waals surface area contributed by atoms with Crippen LogP contribution in [0.2, 0.25) is 0 Å². The Hall–Kier alpha value is -2.30. The number of ether oxygens (including phenoxy) is 1. The summed E-state index contributed by atoms with van der Waals surface area (Å²) in [6, 6.07) is 5.48. The summed E-state index contributed by atoms with van der Waals surface area (Å²) in [6.07, 6.45) is -4.04. The van der Waals surface area contributed by atoms with Crippen molar-refractivity contribution in [3.63, 3.8) is 0 Å². The number of alkyl halides is 3. The van der Waals surface area contributed by atoms with Gasteiger partial charge in [-0.1, -0.05) is 0 Å². The second-order valence-electron chi connectivity index (χ2n) is 5.26. The third-order valence-corrected chi connectivity index (χ3v) is 5.18. The number of esters is 1. The molecule has 0 radical (unpaired) electrons. The second kappa shape index (κ2) is 7.30. The highest BCUT2D eigenvalue weighted by Crippen LogP contribution is 2.24. The number of amides is 1. The number of anilines is 1. The Labute approximate surface area is 141 Å². The highest BCUT2D eigenvalue weighted by atomic mass is 32.2. The van der Waals surface area contributed by atoms with E-state index >= 15 is 0 Å². The van der Waals surface area contributed by atoms with E-state index in [1.165, 1.54) is 28.6 Å². The number of carbonyl (C=O) groups is 2.